The first-order valence-corrected chi connectivity index (χ1v) is 9.64. The minimum Gasteiger partial charge on any atom is -0.322 e. The van der Waals surface area contributed by atoms with Gasteiger partial charge in [-0.1, -0.05) is 36.4 Å². The van der Waals surface area contributed by atoms with Crippen LogP contribution in [0.5, 0.6) is 0 Å². The molecule has 0 unspecified atom stereocenters. The summed E-state index contributed by atoms with van der Waals surface area (Å²) in [5, 5.41) is 2.92. The molecular weight excluding hydrogens is 338 g/mol. The van der Waals surface area contributed by atoms with Gasteiger partial charge in [0.1, 0.15) is 32.7 Å². The molecule has 1 heterocycles. The lowest BCUT2D eigenvalue weighted by Gasteiger charge is -2.29. The highest BCUT2D eigenvalue weighted by Crippen LogP contribution is 2.10. The van der Waals surface area contributed by atoms with E-state index in [2.05, 4.69) is 36.5 Å². The topological polar surface area (TPSA) is 55.0 Å². The summed E-state index contributed by atoms with van der Waals surface area (Å²) < 4.78 is 0. The smallest absolute Gasteiger partial charge is 0.279 e. The van der Waals surface area contributed by atoms with Gasteiger partial charge in [-0.25, -0.2) is 0 Å². The number of amides is 1. The van der Waals surface area contributed by atoms with Crippen LogP contribution in [-0.2, 0) is 11.3 Å². The van der Waals surface area contributed by atoms with Crippen LogP contribution in [-0.4, -0.2) is 44.4 Å². The summed E-state index contributed by atoms with van der Waals surface area (Å²) >= 11 is 0. The minimum absolute atomic E-state index is 0.00414. The predicted molar refractivity (Wildman–Crippen MR) is 106 cm³/mol. The van der Waals surface area contributed by atoms with Crippen LogP contribution in [0.25, 0.3) is 0 Å². The van der Waals surface area contributed by atoms with Crippen LogP contribution < -0.4 is 15.1 Å². The molecule has 0 saturated carbocycles. The Morgan fingerprint density at radius 2 is 1.67 bits per heavy atom. The number of aryl methyl sites for hydroxylation is 1. The highest BCUT2D eigenvalue weighted by molar-refractivity contribution is 5.97. The fraction of sp³-hybridized carbons (Fsp3) is 0.364. The van der Waals surface area contributed by atoms with Gasteiger partial charge >= 0.3 is 0 Å². The number of quaternary nitrogens is 2. The Morgan fingerprint density at radius 1 is 0.963 bits per heavy atom. The second-order valence-corrected chi connectivity index (χ2v) is 7.47. The second-order valence-electron chi connectivity index (χ2n) is 7.47. The lowest BCUT2D eigenvalue weighted by molar-refractivity contribution is -1.02. The summed E-state index contributed by atoms with van der Waals surface area (Å²) in [7, 11) is 0. The summed E-state index contributed by atoms with van der Waals surface area (Å²) in [6.45, 7) is 9.40. The maximum atomic E-state index is 12.4. The van der Waals surface area contributed by atoms with E-state index < -0.39 is 0 Å². The van der Waals surface area contributed by atoms with Crippen molar-refractivity contribution in [1.29, 1.82) is 0 Å². The zero-order valence-corrected chi connectivity index (χ0v) is 16.2. The highest BCUT2D eigenvalue weighted by Gasteiger charge is 2.25. The Morgan fingerprint density at radius 3 is 2.37 bits per heavy atom. The molecule has 5 heteroatoms. The van der Waals surface area contributed by atoms with Gasteiger partial charge in [-0.2, -0.15) is 0 Å². The Labute approximate surface area is 161 Å². The Balaban J connectivity index is 1.46. The highest BCUT2D eigenvalue weighted by atomic mass is 16.2. The monoisotopic (exact) mass is 367 g/mol. The number of anilines is 1. The third-order valence-corrected chi connectivity index (χ3v) is 5.33. The van der Waals surface area contributed by atoms with Crippen LogP contribution >= 0.6 is 0 Å². The summed E-state index contributed by atoms with van der Waals surface area (Å²) in [5.74, 6) is 0.0116. The van der Waals surface area contributed by atoms with E-state index in [9.17, 15) is 9.59 Å². The van der Waals surface area contributed by atoms with Gasteiger partial charge in [0.05, 0.1) is 0 Å². The van der Waals surface area contributed by atoms with E-state index in [1.165, 1.54) is 23.0 Å². The number of ketones is 1. The average molecular weight is 367 g/mol. The summed E-state index contributed by atoms with van der Waals surface area (Å²) in [4.78, 5) is 26.7. The lowest BCUT2D eigenvalue weighted by atomic mass is 10.1. The third-order valence-electron chi connectivity index (χ3n) is 5.33. The van der Waals surface area contributed by atoms with Gasteiger partial charge in [-0.05, 0) is 31.5 Å². The minimum atomic E-state index is 0.00414. The number of carbonyl (C=O) groups excluding carboxylic acids is 2. The van der Waals surface area contributed by atoms with Crippen LogP contribution in [0.15, 0.2) is 48.5 Å². The van der Waals surface area contributed by atoms with Gasteiger partial charge in [-0.3, -0.25) is 9.59 Å². The van der Waals surface area contributed by atoms with Crippen molar-refractivity contribution < 1.29 is 19.4 Å². The van der Waals surface area contributed by atoms with Gasteiger partial charge in [0.25, 0.3) is 5.91 Å². The van der Waals surface area contributed by atoms with E-state index in [0.717, 1.165) is 32.7 Å². The van der Waals surface area contributed by atoms with E-state index in [-0.39, 0.29) is 11.7 Å². The molecule has 27 heavy (non-hydrogen) atoms. The van der Waals surface area contributed by atoms with Gasteiger partial charge in [0, 0.05) is 16.8 Å². The molecule has 1 amide bonds. The third kappa shape index (κ3) is 5.49. The molecule has 0 atom stereocenters. The maximum Gasteiger partial charge on any atom is 0.279 e. The Hall–Kier alpha value is -2.50. The molecule has 0 spiro atoms. The van der Waals surface area contributed by atoms with E-state index in [1.807, 2.05) is 6.07 Å². The number of rotatable bonds is 6. The molecule has 142 valence electrons. The molecule has 5 nitrogen and oxygen atoms in total. The van der Waals surface area contributed by atoms with Gasteiger partial charge < -0.3 is 15.1 Å². The number of carbonyl (C=O) groups is 2. The predicted octanol–water partition coefficient (Wildman–Crippen LogP) is 0.120. The van der Waals surface area contributed by atoms with Crippen LogP contribution in [0, 0.1) is 6.92 Å². The van der Waals surface area contributed by atoms with Gasteiger partial charge in [0.15, 0.2) is 12.3 Å². The largest absolute Gasteiger partial charge is 0.322 e. The molecule has 3 rings (SSSR count). The quantitative estimate of drug-likeness (QED) is 0.636. The SMILES string of the molecule is CC(=O)c1cccc(NC(=O)C[NH+]2CC[NH+](Cc3ccccc3C)CC2)c1. The lowest BCUT2D eigenvalue weighted by Crippen LogP contribution is -3.28. The molecule has 0 aliphatic carbocycles. The summed E-state index contributed by atoms with van der Waals surface area (Å²) in [6.07, 6.45) is 0. The second kappa shape index (κ2) is 8.93. The van der Waals surface area contributed by atoms with Crippen molar-refractivity contribution in [1.82, 2.24) is 0 Å². The molecule has 1 saturated heterocycles. The number of hydrogen-bond donors (Lipinski definition) is 3. The van der Waals surface area contributed by atoms with Crippen LogP contribution in [0.2, 0.25) is 0 Å². The molecular formula is C22H29N3O2+2. The van der Waals surface area contributed by atoms with E-state index in [1.54, 1.807) is 23.1 Å². The van der Waals surface area contributed by atoms with Crippen LogP contribution in [0.1, 0.15) is 28.4 Å². The number of piperazine rings is 1. The molecule has 3 N–H and O–H groups in total. The van der Waals surface area contributed by atoms with Crippen molar-refractivity contribution in [2.45, 2.75) is 20.4 Å². The molecule has 0 aromatic heterocycles. The number of hydrogen-bond acceptors (Lipinski definition) is 2. The number of Topliss-reactive ketones (excluding diaryl/α,β-unsaturated/α-hetero) is 1. The average Bonchev–Trinajstić information content (AvgIpc) is 2.65. The van der Waals surface area contributed by atoms with Crippen molar-refractivity contribution in [3.8, 4) is 0 Å². The molecule has 2 aromatic rings. The fourth-order valence-electron chi connectivity index (χ4n) is 3.64. The summed E-state index contributed by atoms with van der Waals surface area (Å²) in [5.41, 5.74) is 4.08. The molecule has 1 aliphatic heterocycles. The Kier molecular flexibility index (Phi) is 6.37. The van der Waals surface area contributed by atoms with E-state index >= 15 is 0 Å². The van der Waals surface area contributed by atoms with Crippen molar-refractivity contribution in [3.05, 3.63) is 65.2 Å². The Bertz CT molecular complexity index is 811. The van der Waals surface area contributed by atoms with Gasteiger partial charge in [-0.15, -0.1) is 0 Å². The van der Waals surface area contributed by atoms with Gasteiger partial charge in [0.2, 0.25) is 0 Å². The first-order valence-electron chi connectivity index (χ1n) is 9.64. The van der Waals surface area contributed by atoms with Crippen molar-refractivity contribution in [2.75, 3.05) is 38.0 Å². The van der Waals surface area contributed by atoms with Crippen molar-refractivity contribution >= 4 is 17.4 Å². The molecule has 0 bridgehead atoms. The van der Waals surface area contributed by atoms with Crippen molar-refractivity contribution in [2.24, 2.45) is 0 Å². The zero-order chi connectivity index (χ0) is 19.2. The number of benzene rings is 2. The number of nitrogens with one attached hydrogen (secondary N) is 3. The molecule has 0 radical (unpaired) electrons. The maximum absolute atomic E-state index is 12.4. The first kappa shape index (κ1) is 19.3. The first-order chi connectivity index (χ1) is 13.0. The van der Waals surface area contributed by atoms with E-state index in [0.29, 0.717) is 17.8 Å². The standard InChI is InChI=1S/C22H27N3O2/c1-17-6-3-4-7-20(17)15-24-10-12-25(13-11-24)16-22(27)23-21-9-5-8-19(14-21)18(2)26/h3-9,14H,10-13,15-16H2,1-2H3,(H,23,27)/p+2. The van der Waals surface area contributed by atoms with Crippen LogP contribution in [0.4, 0.5) is 5.69 Å². The summed E-state index contributed by atoms with van der Waals surface area (Å²) in [6, 6.07) is 15.7. The van der Waals surface area contributed by atoms with E-state index in [4.69, 9.17) is 0 Å². The zero-order valence-electron chi connectivity index (χ0n) is 16.2. The van der Waals surface area contributed by atoms with Crippen molar-refractivity contribution in [3.63, 3.8) is 0 Å². The van der Waals surface area contributed by atoms with Crippen LogP contribution in [0.3, 0.4) is 0 Å². The molecule has 1 fully saturated rings. The normalized spacial score (nSPS) is 19.5. The molecule has 1 aliphatic rings. The molecule has 2 aromatic carbocycles. The fourth-order valence-corrected chi connectivity index (χ4v) is 3.64.